The molecule has 0 spiro atoms. The van der Waals surface area contributed by atoms with Gasteiger partial charge in [-0.05, 0) is 80.5 Å². The van der Waals surface area contributed by atoms with Crippen LogP contribution in [0.2, 0.25) is 0 Å². The summed E-state index contributed by atoms with van der Waals surface area (Å²) in [6, 6.07) is 5.28. The molecule has 29 heavy (non-hydrogen) atoms. The van der Waals surface area contributed by atoms with Gasteiger partial charge in [0.25, 0.3) is 0 Å². The number of hydrogen-bond donors (Lipinski definition) is 0. The van der Waals surface area contributed by atoms with E-state index >= 15 is 0 Å². The second-order valence-electron chi connectivity index (χ2n) is 8.46. The molecule has 0 aromatic heterocycles. The number of hydrogen-bond acceptors (Lipinski definition) is 2. The van der Waals surface area contributed by atoms with E-state index in [1.165, 1.54) is 56.4 Å². The minimum absolute atomic E-state index is 0.00654. The van der Waals surface area contributed by atoms with Crippen LogP contribution in [0.15, 0.2) is 36.6 Å². The fraction of sp³-hybridized carbons (Fsp3) is 0.652. The molecule has 2 saturated carbocycles. The Morgan fingerprint density at radius 3 is 1.93 bits per heavy atom. The lowest BCUT2D eigenvalue weighted by Gasteiger charge is -2.39. The van der Waals surface area contributed by atoms with Crippen molar-refractivity contribution in [1.82, 2.24) is 0 Å². The first-order valence-corrected chi connectivity index (χ1v) is 10.7. The highest BCUT2D eigenvalue weighted by molar-refractivity contribution is 5.32. The van der Waals surface area contributed by atoms with E-state index in [1.54, 1.807) is 0 Å². The normalized spacial score (nSPS) is 27.9. The van der Waals surface area contributed by atoms with Crippen molar-refractivity contribution in [3.8, 4) is 11.5 Å². The zero-order valence-electron chi connectivity index (χ0n) is 16.9. The summed E-state index contributed by atoms with van der Waals surface area (Å²) in [7, 11) is 0. The van der Waals surface area contributed by atoms with Crippen LogP contribution in [0.3, 0.4) is 0 Å². The van der Waals surface area contributed by atoms with Gasteiger partial charge in [-0.25, -0.2) is 0 Å². The maximum atomic E-state index is 14.7. The molecule has 0 amide bonds. The molecule has 0 unspecified atom stereocenters. The molecular weight excluding hydrogens is 384 g/mol. The van der Waals surface area contributed by atoms with Gasteiger partial charge in [0.05, 0.1) is 5.92 Å². The van der Waals surface area contributed by atoms with Crippen LogP contribution >= 0.6 is 0 Å². The molecule has 2 nitrogen and oxygen atoms in total. The van der Waals surface area contributed by atoms with Crippen LogP contribution in [0.1, 0.15) is 64.7 Å². The Kier molecular flexibility index (Phi) is 7.47. The summed E-state index contributed by atoms with van der Waals surface area (Å²) in [5.74, 6) is 1.47. The third-order valence-electron chi connectivity index (χ3n) is 6.74. The van der Waals surface area contributed by atoms with Gasteiger partial charge in [0.2, 0.25) is 0 Å². The molecule has 0 saturated heterocycles. The first-order chi connectivity index (χ1) is 13.9. The number of halogens is 4. The molecule has 3 rings (SSSR count). The highest BCUT2D eigenvalue weighted by Gasteiger charge is 2.45. The zero-order valence-corrected chi connectivity index (χ0v) is 16.9. The lowest BCUT2D eigenvalue weighted by Crippen LogP contribution is -2.38. The first kappa shape index (κ1) is 22.0. The van der Waals surface area contributed by atoms with Gasteiger partial charge in [0.15, 0.2) is 6.26 Å². The first-order valence-electron chi connectivity index (χ1n) is 10.7. The summed E-state index contributed by atoms with van der Waals surface area (Å²) >= 11 is 0. The van der Waals surface area contributed by atoms with Crippen molar-refractivity contribution in [1.29, 1.82) is 0 Å². The predicted octanol–water partition coefficient (Wildman–Crippen LogP) is 7.80. The van der Waals surface area contributed by atoms with Crippen molar-refractivity contribution in [3.05, 3.63) is 36.6 Å². The van der Waals surface area contributed by atoms with E-state index in [2.05, 4.69) is 6.92 Å². The fourth-order valence-electron chi connectivity index (χ4n) is 4.93. The predicted molar refractivity (Wildman–Crippen MR) is 104 cm³/mol. The Morgan fingerprint density at radius 2 is 1.41 bits per heavy atom. The number of rotatable bonds is 7. The Morgan fingerprint density at radius 1 is 0.897 bits per heavy atom. The standard InChI is InChI=1S/C23H30F4O2/c1-2-16-3-5-17(6-4-16)18-7-9-19(10-8-18)23(26,27)29-21-13-11-20(12-14-21)28-15-22(24)25/h11-19H,2-10H2,1H3. The van der Waals surface area contributed by atoms with Crippen LogP contribution < -0.4 is 9.47 Å². The van der Waals surface area contributed by atoms with Crippen LogP contribution in [0.4, 0.5) is 17.6 Å². The smallest absolute Gasteiger partial charge is 0.400 e. The average molecular weight is 414 g/mol. The van der Waals surface area contributed by atoms with E-state index in [0.29, 0.717) is 30.9 Å². The SMILES string of the molecule is CCC1CCC(C2CCC(C(F)(F)Oc3ccc(OC=C(F)F)cc3)CC2)CC1. The molecule has 2 aliphatic carbocycles. The van der Waals surface area contributed by atoms with Crippen LogP contribution in [0, 0.1) is 23.7 Å². The van der Waals surface area contributed by atoms with Crippen molar-refractivity contribution in [3.63, 3.8) is 0 Å². The van der Waals surface area contributed by atoms with Crippen molar-refractivity contribution in [2.75, 3.05) is 0 Å². The summed E-state index contributed by atoms with van der Waals surface area (Å²) < 4.78 is 63.0. The number of benzene rings is 1. The topological polar surface area (TPSA) is 18.5 Å². The minimum Gasteiger partial charge on any atom is -0.459 e. The molecule has 0 aliphatic heterocycles. The molecule has 2 aliphatic rings. The molecule has 0 bridgehead atoms. The Hall–Kier alpha value is -1.72. The van der Waals surface area contributed by atoms with Crippen LogP contribution in [0.25, 0.3) is 0 Å². The molecule has 162 valence electrons. The van der Waals surface area contributed by atoms with Gasteiger partial charge in [-0.1, -0.05) is 26.2 Å². The van der Waals surface area contributed by atoms with E-state index in [9.17, 15) is 17.6 Å². The maximum absolute atomic E-state index is 14.7. The van der Waals surface area contributed by atoms with Gasteiger partial charge in [-0.15, -0.1) is 0 Å². The Bertz CT molecular complexity index is 654. The second kappa shape index (κ2) is 9.86. The monoisotopic (exact) mass is 414 g/mol. The van der Waals surface area contributed by atoms with E-state index in [1.807, 2.05) is 0 Å². The lowest BCUT2D eigenvalue weighted by molar-refractivity contribution is -0.224. The molecule has 2 fully saturated rings. The van der Waals surface area contributed by atoms with Gasteiger partial charge in [-0.3, -0.25) is 0 Å². The van der Waals surface area contributed by atoms with Gasteiger partial charge >= 0.3 is 12.2 Å². The van der Waals surface area contributed by atoms with Gasteiger partial charge < -0.3 is 9.47 Å². The largest absolute Gasteiger partial charge is 0.459 e. The average Bonchev–Trinajstić information content (AvgIpc) is 2.73. The molecule has 6 heteroatoms. The van der Waals surface area contributed by atoms with Crippen LogP contribution in [-0.2, 0) is 0 Å². The van der Waals surface area contributed by atoms with Crippen LogP contribution in [-0.4, -0.2) is 6.11 Å². The van der Waals surface area contributed by atoms with Crippen molar-refractivity contribution < 1.29 is 27.0 Å². The Balaban J connectivity index is 1.48. The van der Waals surface area contributed by atoms with E-state index in [4.69, 9.17) is 9.47 Å². The van der Waals surface area contributed by atoms with Crippen LogP contribution in [0.5, 0.6) is 11.5 Å². The molecule has 0 N–H and O–H groups in total. The van der Waals surface area contributed by atoms with Crippen molar-refractivity contribution in [2.24, 2.45) is 23.7 Å². The maximum Gasteiger partial charge on any atom is 0.400 e. The van der Waals surface area contributed by atoms with E-state index in [0.717, 1.165) is 18.8 Å². The quantitative estimate of drug-likeness (QED) is 0.335. The summed E-state index contributed by atoms with van der Waals surface area (Å²) in [4.78, 5) is 0. The Labute approximate surface area is 170 Å². The zero-order chi connectivity index (χ0) is 20.9. The van der Waals surface area contributed by atoms with E-state index < -0.39 is 18.1 Å². The molecular formula is C23H30F4O2. The second-order valence-corrected chi connectivity index (χ2v) is 8.46. The molecule has 0 atom stereocenters. The lowest BCUT2D eigenvalue weighted by atomic mass is 9.69. The highest BCUT2D eigenvalue weighted by atomic mass is 19.3. The molecule has 1 aromatic carbocycles. The van der Waals surface area contributed by atoms with Gasteiger partial charge in [-0.2, -0.15) is 17.6 Å². The summed E-state index contributed by atoms with van der Waals surface area (Å²) in [5.41, 5.74) is 0. The van der Waals surface area contributed by atoms with Gasteiger partial charge in [0.1, 0.15) is 11.5 Å². The van der Waals surface area contributed by atoms with Crippen molar-refractivity contribution in [2.45, 2.75) is 70.8 Å². The summed E-state index contributed by atoms with van der Waals surface area (Å²) in [6.45, 7) is 2.25. The third-order valence-corrected chi connectivity index (χ3v) is 6.74. The molecule has 0 radical (unpaired) electrons. The highest BCUT2D eigenvalue weighted by Crippen LogP contribution is 2.45. The number of ether oxygens (including phenoxy) is 2. The van der Waals surface area contributed by atoms with E-state index in [-0.39, 0.29) is 11.5 Å². The number of alkyl halides is 2. The molecule has 0 heterocycles. The third kappa shape index (κ3) is 6.13. The minimum atomic E-state index is -3.24. The molecule has 1 aromatic rings. The van der Waals surface area contributed by atoms with Crippen molar-refractivity contribution >= 4 is 0 Å². The fourth-order valence-corrected chi connectivity index (χ4v) is 4.93. The summed E-state index contributed by atoms with van der Waals surface area (Å²) in [6.07, 6.45) is 4.06. The summed E-state index contributed by atoms with van der Waals surface area (Å²) in [5, 5.41) is 0. The van der Waals surface area contributed by atoms with Gasteiger partial charge in [0, 0.05) is 0 Å².